The van der Waals surface area contributed by atoms with Crippen molar-refractivity contribution in [1.29, 1.82) is 5.26 Å². The quantitative estimate of drug-likeness (QED) is 0.488. The molecular formula is C22H15F3N4O. The predicted molar refractivity (Wildman–Crippen MR) is 106 cm³/mol. The lowest BCUT2D eigenvalue weighted by Crippen LogP contribution is -2.18. The van der Waals surface area contributed by atoms with Crippen LogP contribution in [-0.4, -0.2) is 14.2 Å². The zero-order valence-electron chi connectivity index (χ0n) is 16.0. The molecule has 2 heterocycles. The van der Waals surface area contributed by atoms with Gasteiger partial charge in [0, 0.05) is 18.7 Å². The average molecular weight is 408 g/mol. The second kappa shape index (κ2) is 6.88. The van der Waals surface area contributed by atoms with E-state index in [1.807, 2.05) is 6.07 Å². The maximum atomic E-state index is 12.9. The Labute approximate surface area is 169 Å². The Hall–Kier alpha value is -3.86. The number of halogens is 3. The topological polar surface area (TPSA) is 63.1 Å². The third-order valence-corrected chi connectivity index (χ3v) is 4.99. The Morgan fingerprint density at radius 3 is 2.17 bits per heavy atom. The summed E-state index contributed by atoms with van der Waals surface area (Å²) in [5, 5.41) is 13.3. The van der Waals surface area contributed by atoms with Crippen molar-refractivity contribution < 1.29 is 13.2 Å². The molecule has 0 aliphatic rings. The van der Waals surface area contributed by atoms with Gasteiger partial charge in [0.25, 0.3) is 5.56 Å². The Balaban J connectivity index is 1.95. The molecule has 0 fully saturated rings. The lowest BCUT2D eigenvalue weighted by atomic mass is 10.0. The molecule has 0 unspecified atom stereocenters. The maximum absolute atomic E-state index is 12.9. The molecule has 0 amide bonds. The van der Waals surface area contributed by atoms with Crippen molar-refractivity contribution in [3.8, 4) is 28.5 Å². The molecule has 0 spiro atoms. The molecule has 2 aromatic carbocycles. The van der Waals surface area contributed by atoms with Crippen molar-refractivity contribution in [2.24, 2.45) is 7.05 Å². The average Bonchev–Trinajstić information content (AvgIpc) is 3.08. The van der Waals surface area contributed by atoms with Gasteiger partial charge in [-0.05, 0) is 42.3 Å². The van der Waals surface area contributed by atoms with E-state index in [1.54, 1.807) is 42.8 Å². The van der Waals surface area contributed by atoms with Crippen molar-refractivity contribution in [2.45, 2.75) is 13.1 Å². The minimum atomic E-state index is -4.43. The van der Waals surface area contributed by atoms with Gasteiger partial charge in [-0.25, -0.2) is 0 Å². The Kier molecular flexibility index (Phi) is 4.46. The number of aryl methyl sites for hydroxylation is 2. The summed E-state index contributed by atoms with van der Waals surface area (Å²) in [6.45, 7) is 1.71. The third-order valence-electron chi connectivity index (χ3n) is 4.99. The maximum Gasteiger partial charge on any atom is 0.416 e. The van der Waals surface area contributed by atoms with Crippen LogP contribution in [0.2, 0.25) is 0 Å². The summed E-state index contributed by atoms with van der Waals surface area (Å²) in [7, 11) is 1.76. The fourth-order valence-corrected chi connectivity index (χ4v) is 3.52. The van der Waals surface area contributed by atoms with Crippen molar-refractivity contribution in [3.63, 3.8) is 0 Å². The number of aromatic nitrogens is 3. The molecule has 0 saturated heterocycles. The van der Waals surface area contributed by atoms with E-state index < -0.39 is 11.7 Å². The molecule has 30 heavy (non-hydrogen) atoms. The summed E-state index contributed by atoms with van der Waals surface area (Å²) < 4.78 is 41.8. The number of hydrogen-bond acceptors (Lipinski definition) is 3. The first-order valence-corrected chi connectivity index (χ1v) is 8.98. The summed E-state index contributed by atoms with van der Waals surface area (Å²) in [6, 6.07) is 15.1. The minimum absolute atomic E-state index is 0.358. The van der Waals surface area contributed by atoms with Crippen LogP contribution >= 0.6 is 0 Å². The highest BCUT2D eigenvalue weighted by molar-refractivity contribution is 5.82. The van der Waals surface area contributed by atoms with Gasteiger partial charge in [-0.1, -0.05) is 24.3 Å². The molecule has 0 radical (unpaired) electrons. The van der Waals surface area contributed by atoms with Crippen LogP contribution in [0.25, 0.3) is 28.0 Å². The highest BCUT2D eigenvalue weighted by Gasteiger charge is 2.30. The van der Waals surface area contributed by atoms with Gasteiger partial charge >= 0.3 is 6.18 Å². The molecule has 5 nitrogen and oxygen atoms in total. The van der Waals surface area contributed by atoms with Crippen LogP contribution in [0.15, 0.2) is 59.4 Å². The summed E-state index contributed by atoms with van der Waals surface area (Å²) in [6.07, 6.45) is -4.43. The normalized spacial score (nSPS) is 11.6. The Morgan fingerprint density at radius 2 is 1.60 bits per heavy atom. The summed E-state index contributed by atoms with van der Waals surface area (Å²) in [5.41, 5.74) is 2.84. The Bertz CT molecular complexity index is 1360. The monoisotopic (exact) mass is 408 g/mol. The van der Waals surface area contributed by atoms with Gasteiger partial charge in [-0.3, -0.25) is 4.79 Å². The van der Waals surface area contributed by atoms with E-state index in [9.17, 15) is 18.0 Å². The molecular weight excluding hydrogens is 393 g/mol. The first-order chi connectivity index (χ1) is 14.2. The van der Waals surface area contributed by atoms with Gasteiger partial charge < -0.3 is 4.57 Å². The van der Waals surface area contributed by atoms with Crippen molar-refractivity contribution in [3.05, 3.63) is 81.8 Å². The Morgan fingerprint density at radius 1 is 1.00 bits per heavy atom. The van der Waals surface area contributed by atoms with E-state index in [4.69, 9.17) is 5.26 Å². The molecule has 150 valence electrons. The minimum Gasteiger partial charge on any atom is -0.328 e. The summed E-state index contributed by atoms with van der Waals surface area (Å²) in [4.78, 5) is 12.7. The highest BCUT2D eigenvalue weighted by atomic mass is 19.4. The van der Waals surface area contributed by atoms with Crippen molar-refractivity contribution >= 4 is 5.65 Å². The van der Waals surface area contributed by atoms with Crippen molar-refractivity contribution in [1.82, 2.24) is 14.2 Å². The first kappa shape index (κ1) is 19.5. The van der Waals surface area contributed by atoms with Crippen LogP contribution < -0.4 is 5.56 Å². The van der Waals surface area contributed by atoms with E-state index in [0.717, 1.165) is 17.7 Å². The number of rotatable bonds is 2. The standard InChI is InChI=1S/C22H15F3N4O/c1-13-20(16-7-9-17(10-8-16)22(23,24)25)21-28(2)18(11-19(30)29(21)27-13)15-5-3-14(12-26)4-6-15/h3-11H,1-2H3. The predicted octanol–water partition coefficient (Wildman–Crippen LogP) is 4.57. The summed E-state index contributed by atoms with van der Waals surface area (Å²) >= 11 is 0. The zero-order chi connectivity index (χ0) is 21.6. The summed E-state index contributed by atoms with van der Waals surface area (Å²) in [5.74, 6) is 0. The molecule has 4 rings (SSSR count). The fourth-order valence-electron chi connectivity index (χ4n) is 3.52. The van der Waals surface area contributed by atoms with Gasteiger partial charge in [0.1, 0.15) is 5.65 Å². The second-order valence-electron chi connectivity index (χ2n) is 6.89. The zero-order valence-corrected chi connectivity index (χ0v) is 16.0. The van der Waals surface area contributed by atoms with Crippen LogP contribution in [0.3, 0.4) is 0 Å². The van der Waals surface area contributed by atoms with Gasteiger partial charge in [-0.15, -0.1) is 0 Å². The number of fused-ring (bicyclic) bond motifs is 1. The smallest absolute Gasteiger partial charge is 0.328 e. The van der Waals surface area contributed by atoms with Crippen LogP contribution in [0.1, 0.15) is 16.8 Å². The van der Waals surface area contributed by atoms with E-state index in [-0.39, 0.29) is 5.56 Å². The van der Waals surface area contributed by atoms with E-state index in [0.29, 0.717) is 33.7 Å². The fraction of sp³-hybridized carbons (Fsp3) is 0.136. The van der Waals surface area contributed by atoms with Gasteiger partial charge in [0.15, 0.2) is 0 Å². The van der Waals surface area contributed by atoms with Crippen molar-refractivity contribution in [2.75, 3.05) is 0 Å². The lowest BCUT2D eigenvalue weighted by molar-refractivity contribution is -0.137. The number of nitriles is 1. The molecule has 0 N–H and O–H groups in total. The SMILES string of the molecule is Cc1nn2c(=O)cc(-c3ccc(C#N)cc3)n(C)c2c1-c1ccc(C(F)(F)F)cc1. The lowest BCUT2D eigenvalue weighted by Gasteiger charge is -2.13. The van der Waals surface area contributed by atoms with E-state index in [1.165, 1.54) is 22.7 Å². The molecule has 4 aromatic rings. The number of benzene rings is 2. The van der Waals surface area contributed by atoms with Gasteiger partial charge in [0.2, 0.25) is 0 Å². The highest BCUT2D eigenvalue weighted by Crippen LogP contribution is 2.33. The van der Waals surface area contributed by atoms with Crippen LogP contribution in [0, 0.1) is 18.3 Å². The third kappa shape index (κ3) is 3.14. The second-order valence-corrected chi connectivity index (χ2v) is 6.89. The van der Waals surface area contributed by atoms with Crippen LogP contribution in [0.5, 0.6) is 0 Å². The van der Waals surface area contributed by atoms with Crippen LogP contribution in [0.4, 0.5) is 13.2 Å². The molecule has 0 atom stereocenters. The molecule has 0 aliphatic heterocycles. The van der Waals surface area contributed by atoms with Gasteiger partial charge in [-0.2, -0.15) is 28.0 Å². The molecule has 0 bridgehead atoms. The van der Waals surface area contributed by atoms with E-state index >= 15 is 0 Å². The number of alkyl halides is 3. The molecule has 8 heteroatoms. The number of nitrogens with zero attached hydrogens (tertiary/aromatic N) is 4. The van der Waals surface area contributed by atoms with Gasteiger partial charge in [0.05, 0.1) is 28.6 Å². The first-order valence-electron chi connectivity index (χ1n) is 8.98. The molecule has 0 aliphatic carbocycles. The van der Waals surface area contributed by atoms with E-state index in [2.05, 4.69) is 5.10 Å². The number of hydrogen-bond donors (Lipinski definition) is 0. The molecule has 2 aromatic heterocycles. The largest absolute Gasteiger partial charge is 0.416 e. The molecule has 0 saturated carbocycles. The van der Waals surface area contributed by atoms with Crippen LogP contribution in [-0.2, 0) is 13.2 Å².